The Kier molecular flexibility index (Phi) is 13.9. The molecule has 31 heavy (non-hydrogen) atoms. The number of hydrogen-bond acceptors (Lipinski definition) is 6. The number of carbonyl (C=O) groups excluding carboxylic acids is 1. The van der Waals surface area contributed by atoms with Gasteiger partial charge >= 0.3 is 6.09 Å². The standard InChI is InChI=1S/C21H35N3O4.C3H8/c1-5-24(10-9-22-21(25)26-4)17(3)18-7-8-20(28-6-2)19(15-18)16-23-11-13-27-14-12-23;1-3-2/h7-8,15,17H,5-6,9-14,16H2,1-4H3,(H,22,25);3H2,1-2H3. The minimum absolute atomic E-state index is 0.239. The molecule has 0 saturated carbocycles. The van der Waals surface area contributed by atoms with Gasteiger partial charge in [-0.05, 0) is 38.1 Å². The quantitative estimate of drug-likeness (QED) is 0.595. The first-order valence-electron chi connectivity index (χ1n) is 11.6. The summed E-state index contributed by atoms with van der Waals surface area (Å²) >= 11 is 0. The van der Waals surface area contributed by atoms with E-state index in [2.05, 4.69) is 65.7 Å². The Balaban J connectivity index is 0.00000151. The van der Waals surface area contributed by atoms with E-state index in [1.807, 2.05) is 6.92 Å². The van der Waals surface area contributed by atoms with Gasteiger partial charge in [0.1, 0.15) is 5.75 Å². The van der Waals surface area contributed by atoms with E-state index in [1.165, 1.54) is 24.7 Å². The van der Waals surface area contributed by atoms with Crippen LogP contribution in [0.3, 0.4) is 0 Å². The van der Waals surface area contributed by atoms with Crippen molar-refractivity contribution in [1.29, 1.82) is 0 Å². The lowest BCUT2D eigenvalue weighted by Gasteiger charge is -2.30. The molecule has 1 atom stereocenters. The number of hydrogen-bond donors (Lipinski definition) is 1. The molecule has 0 aromatic heterocycles. The van der Waals surface area contributed by atoms with Gasteiger partial charge in [-0.2, -0.15) is 0 Å². The molecule has 1 aromatic rings. The smallest absolute Gasteiger partial charge is 0.406 e. The number of likely N-dealkylation sites (N-methyl/N-ethyl adjacent to an activating group) is 1. The van der Waals surface area contributed by atoms with Crippen molar-refractivity contribution in [2.24, 2.45) is 0 Å². The molecule has 1 aromatic carbocycles. The van der Waals surface area contributed by atoms with Crippen LogP contribution in [0.25, 0.3) is 0 Å². The van der Waals surface area contributed by atoms with Crippen LogP contribution in [0.2, 0.25) is 0 Å². The maximum atomic E-state index is 11.3. The molecule has 0 aliphatic carbocycles. The number of morpholine rings is 1. The summed E-state index contributed by atoms with van der Waals surface area (Å²) in [6, 6.07) is 6.74. The fourth-order valence-corrected chi connectivity index (χ4v) is 3.49. The molecule has 1 N–H and O–H groups in total. The van der Waals surface area contributed by atoms with E-state index in [-0.39, 0.29) is 6.04 Å². The Morgan fingerprint density at radius 2 is 1.90 bits per heavy atom. The molecular formula is C24H43N3O4. The summed E-state index contributed by atoms with van der Waals surface area (Å²) in [7, 11) is 1.38. The average Bonchev–Trinajstić information content (AvgIpc) is 2.78. The fourth-order valence-electron chi connectivity index (χ4n) is 3.49. The second-order valence-corrected chi connectivity index (χ2v) is 7.62. The highest BCUT2D eigenvalue weighted by molar-refractivity contribution is 5.66. The summed E-state index contributed by atoms with van der Waals surface area (Å²) in [5.41, 5.74) is 2.48. The summed E-state index contributed by atoms with van der Waals surface area (Å²) in [6.45, 7) is 17.8. The van der Waals surface area contributed by atoms with E-state index in [4.69, 9.17) is 9.47 Å². The zero-order valence-corrected chi connectivity index (χ0v) is 20.4. The van der Waals surface area contributed by atoms with Crippen LogP contribution in [0.15, 0.2) is 18.2 Å². The van der Waals surface area contributed by atoms with Crippen LogP contribution < -0.4 is 10.1 Å². The molecule has 0 bridgehead atoms. The Morgan fingerprint density at radius 3 is 2.48 bits per heavy atom. The Labute approximate surface area is 189 Å². The first kappa shape index (κ1) is 27.2. The molecule has 1 aliphatic rings. The predicted octanol–water partition coefficient (Wildman–Crippen LogP) is 4.07. The molecule has 7 heteroatoms. The van der Waals surface area contributed by atoms with Crippen molar-refractivity contribution in [2.75, 3.05) is 59.7 Å². The zero-order valence-electron chi connectivity index (χ0n) is 20.4. The van der Waals surface area contributed by atoms with Gasteiger partial charge in [0.25, 0.3) is 0 Å². The molecule has 1 unspecified atom stereocenters. The Hall–Kier alpha value is -1.83. The molecule has 1 saturated heterocycles. The number of benzene rings is 1. The Bertz CT molecular complexity index is 621. The fraction of sp³-hybridized carbons (Fsp3) is 0.708. The van der Waals surface area contributed by atoms with E-state index in [0.717, 1.165) is 51.7 Å². The van der Waals surface area contributed by atoms with Gasteiger partial charge in [0.15, 0.2) is 0 Å². The van der Waals surface area contributed by atoms with Gasteiger partial charge in [-0.3, -0.25) is 9.80 Å². The molecule has 0 radical (unpaired) electrons. The number of nitrogens with zero attached hydrogens (tertiary/aromatic N) is 2. The van der Waals surface area contributed by atoms with Gasteiger partial charge in [0, 0.05) is 44.3 Å². The van der Waals surface area contributed by atoms with Crippen LogP contribution in [0, 0.1) is 0 Å². The maximum absolute atomic E-state index is 11.3. The molecule has 0 spiro atoms. The van der Waals surface area contributed by atoms with E-state index < -0.39 is 6.09 Å². The van der Waals surface area contributed by atoms with Crippen LogP contribution in [-0.2, 0) is 16.0 Å². The molecule has 2 rings (SSSR count). The number of alkyl carbamates (subject to hydrolysis) is 1. The summed E-state index contributed by atoms with van der Waals surface area (Å²) in [6.07, 6.45) is 0.859. The molecule has 7 nitrogen and oxygen atoms in total. The number of ether oxygens (including phenoxy) is 3. The van der Waals surface area contributed by atoms with E-state index in [9.17, 15) is 4.79 Å². The highest BCUT2D eigenvalue weighted by Crippen LogP contribution is 2.28. The number of amides is 1. The molecule has 1 amide bonds. The number of methoxy groups -OCH3 is 1. The van der Waals surface area contributed by atoms with Crippen LogP contribution >= 0.6 is 0 Å². The third-order valence-corrected chi connectivity index (χ3v) is 5.17. The molecular weight excluding hydrogens is 394 g/mol. The number of carbonyl (C=O) groups is 1. The summed E-state index contributed by atoms with van der Waals surface area (Å²) < 4.78 is 16.0. The summed E-state index contributed by atoms with van der Waals surface area (Å²) in [5.74, 6) is 0.959. The largest absolute Gasteiger partial charge is 0.494 e. The van der Waals surface area contributed by atoms with Crippen LogP contribution in [0.5, 0.6) is 5.75 Å². The third-order valence-electron chi connectivity index (χ3n) is 5.17. The van der Waals surface area contributed by atoms with Crippen LogP contribution in [-0.4, -0.2) is 75.5 Å². The topological polar surface area (TPSA) is 63.3 Å². The maximum Gasteiger partial charge on any atom is 0.406 e. The van der Waals surface area contributed by atoms with E-state index in [0.29, 0.717) is 13.2 Å². The van der Waals surface area contributed by atoms with Gasteiger partial charge in [-0.25, -0.2) is 4.79 Å². The van der Waals surface area contributed by atoms with Gasteiger partial charge in [-0.1, -0.05) is 33.3 Å². The molecule has 178 valence electrons. The van der Waals surface area contributed by atoms with Gasteiger partial charge in [0.05, 0.1) is 26.9 Å². The van der Waals surface area contributed by atoms with Crippen molar-refractivity contribution in [3.8, 4) is 5.75 Å². The van der Waals surface area contributed by atoms with Crippen LogP contribution in [0.1, 0.15) is 58.2 Å². The van der Waals surface area contributed by atoms with Gasteiger partial charge in [-0.15, -0.1) is 0 Å². The lowest BCUT2D eigenvalue weighted by Crippen LogP contribution is -2.36. The zero-order chi connectivity index (χ0) is 23.1. The van der Waals surface area contributed by atoms with Crippen molar-refractivity contribution in [3.05, 3.63) is 29.3 Å². The first-order valence-corrected chi connectivity index (χ1v) is 11.6. The number of rotatable bonds is 10. The summed E-state index contributed by atoms with van der Waals surface area (Å²) in [5, 5.41) is 2.75. The van der Waals surface area contributed by atoms with Crippen molar-refractivity contribution in [2.45, 2.75) is 53.6 Å². The molecule has 1 fully saturated rings. The summed E-state index contributed by atoms with van der Waals surface area (Å²) in [4.78, 5) is 16.0. The van der Waals surface area contributed by atoms with Crippen molar-refractivity contribution in [3.63, 3.8) is 0 Å². The van der Waals surface area contributed by atoms with Crippen molar-refractivity contribution in [1.82, 2.24) is 15.1 Å². The molecule has 1 aliphatic heterocycles. The molecule has 1 heterocycles. The minimum Gasteiger partial charge on any atom is -0.494 e. The van der Waals surface area contributed by atoms with Gasteiger partial charge in [0.2, 0.25) is 0 Å². The SMILES string of the molecule is CCC.CCOc1ccc(C(C)N(CC)CCNC(=O)OC)cc1CN1CCOCC1. The van der Waals surface area contributed by atoms with E-state index >= 15 is 0 Å². The average molecular weight is 438 g/mol. The van der Waals surface area contributed by atoms with Crippen LogP contribution in [0.4, 0.5) is 4.79 Å². The minimum atomic E-state index is -0.391. The van der Waals surface area contributed by atoms with Crippen molar-refractivity contribution >= 4 is 6.09 Å². The second kappa shape index (κ2) is 15.9. The lowest BCUT2D eigenvalue weighted by atomic mass is 10.0. The Morgan fingerprint density at radius 1 is 1.23 bits per heavy atom. The normalized spacial score (nSPS) is 15.1. The first-order chi connectivity index (χ1) is 15.0. The number of nitrogens with one attached hydrogen (secondary N) is 1. The lowest BCUT2D eigenvalue weighted by molar-refractivity contribution is 0.0338. The third kappa shape index (κ3) is 9.89. The van der Waals surface area contributed by atoms with Gasteiger partial charge < -0.3 is 19.5 Å². The van der Waals surface area contributed by atoms with E-state index in [1.54, 1.807) is 0 Å². The van der Waals surface area contributed by atoms with Crippen molar-refractivity contribution < 1.29 is 19.0 Å². The monoisotopic (exact) mass is 437 g/mol. The highest BCUT2D eigenvalue weighted by Gasteiger charge is 2.18. The highest BCUT2D eigenvalue weighted by atomic mass is 16.5. The predicted molar refractivity (Wildman–Crippen MR) is 126 cm³/mol. The second-order valence-electron chi connectivity index (χ2n) is 7.62.